The van der Waals surface area contributed by atoms with Crippen molar-refractivity contribution in [3.8, 4) is 11.1 Å². The average molecular weight is 674 g/mol. The van der Waals surface area contributed by atoms with E-state index in [0.717, 1.165) is 84.4 Å². The first-order chi connectivity index (χ1) is 18.7. The maximum absolute atomic E-state index is 13.2. The predicted octanol–water partition coefficient (Wildman–Crippen LogP) is 10.9. The van der Waals surface area contributed by atoms with E-state index in [0.29, 0.717) is 5.92 Å². The van der Waals surface area contributed by atoms with Crippen LogP contribution in [0.5, 0.6) is 0 Å². The van der Waals surface area contributed by atoms with Crippen LogP contribution in [0.25, 0.3) is 11.1 Å². The Labute approximate surface area is 246 Å². The van der Waals surface area contributed by atoms with Gasteiger partial charge in [0.25, 0.3) is 0 Å². The first-order valence-electron chi connectivity index (χ1n) is 13.6. The number of likely N-dealkylation sites (tertiary alicyclic amines) is 1. The van der Waals surface area contributed by atoms with Gasteiger partial charge in [-0.25, -0.2) is 0 Å². The summed E-state index contributed by atoms with van der Waals surface area (Å²) in [6.07, 6.45) is -5.83. The molecule has 216 valence electrons. The number of hydrogen-bond donors (Lipinski definition) is 0. The number of alkyl halides is 7. The Hall–Kier alpha value is -2.07. The molecule has 1 heterocycles. The highest BCUT2D eigenvalue weighted by molar-refractivity contribution is 14.1. The van der Waals surface area contributed by atoms with Gasteiger partial charge in [-0.15, -0.1) is 0 Å². The van der Waals surface area contributed by atoms with E-state index in [1.165, 1.54) is 12.1 Å². The van der Waals surface area contributed by atoms with Gasteiger partial charge >= 0.3 is 12.4 Å². The highest BCUT2D eigenvalue weighted by Crippen LogP contribution is 2.40. The van der Waals surface area contributed by atoms with Crippen molar-refractivity contribution >= 4 is 22.6 Å². The molecular formula is C32H34F6IN. The lowest BCUT2D eigenvalue weighted by molar-refractivity contribution is -0.138. The summed E-state index contributed by atoms with van der Waals surface area (Å²) in [7, 11) is 0. The van der Waals surface area contributed by atoms with Crippen LogP contribution in [0.2, 0.25) is 0 Å². The quantitative estimate of drug-likeness (QED) is 0.137. The largest absolute Gasteiger partial charge is 0.416 e. The van der Waals surface area contributed by atoms with Gasteiger partial charge in [0.1, 0.15) is 0 Å². The minimum atomic E-state index is -4.38. The summed E-state index contributed by atoms with van der Waals surface area (Å²) in [5, 5.41) is 0. The van der Waals surface area contributed by atoms with Gasteiger partial charge in [-0.05, 0) is 96.6 Å². The number of benzene rings is 3. The molecule has 1 saturated heterocycles. The smallest absolute Gasteiger partial charge is 0.296 e. The normalized spacial score (nSPS) is 18.6. The average Bonchev–Trinajstić information content (AvgIpc) is 2.91. The summed E-state index contributed by atoms with van der Waals surface area (Å²) in [5.74, 6) is 0.705. The molecule has 1 fully saturated rings. The fraction of sp³-hybridized carbons (Fsp3) is 0.438. The highest BCUT2D eigenvalue weighted by Gasteiger charge is 2.32. The lowest BCUT2D eigenvalue weighted by atomic mass is 9.85. The fourth-order valence-corrected chi connectivity index (χ4v) is 6.83. The maximum atomic E-state index is 13.2. The zero-order valence-corrected chi connectivity index (χ0v) is 24.9. The summed E-state index contributed by atoms with van der Waals surface area (Å²) >= 11 is 2.45. The Morgan fingerprint density at radius 1 is 0.775 bits per heavy atom. The van der Waals surface area contributed by atoms with Crippen molar-refractivity contribution in [3.63, 3.8) is 0 Å². The van der Waals surface area contributed by atoms with Gasteiger partial charge < -0.3 is 0 Å². The van der Waals surface area contributed by atoms with E-state index in [9.17, 15) is 26.3 Å². The number of halogens is 7. The summed E-state index contributed by atoms with van der Waals surface area (Å²) < 4.78 is 78.9. The van der Waals surface area contributed by atoms with Crippen LogP contribution in [0.4, 0.5) is 26.3 Å². The van der Waals surface area contributed by atoms with Crippen molar-refractivity contribution in [2.24, 2.45) is 5.92 Å². The molecule has 3 aromatic rings. The molecule has 0 N–H and O–H groups in total. The Bertz CT molecular complexity index is 1260. The first kappa shape index (κ1) is 30.9. The minimum Gasteiger partial charge on any atom is -0.296 e. The van der Waals surface area contributed by atoms with E-state index in [1.807, 2.05) is 6.92 Å². The standard InChI is InChI=1S/C32H34F6IN/c1-20(2)15-30(39)27-17-25(23-8-12-29(13-9-23)32(36,37)38)16-26(18-27)24-5-4-14-40(19-24)21(3)22-6-10-28(11-7-22)31(33,34)35/h6-13,16-18,20-21,24,30H,4-5,14-15,19H2,1-3H3/t21?,24?,30-/m0/s1. The second-order valence-electron chi connectivity index (χ2n) is 11.2. The van der Waals surface area contributed by atoms with E-state index in [2.05, 4.69) is 59.5 Å². The Morgan fingerprint density at radius 3 is 1.90 bits per heavy atom. The molecule has 0 spiro atoms. The Morgan fingerprint density at radius 2 is 1.35 bits per heavy atom. The molecule has 1 aliphatic rings. The molecule has 0 amide bonds. The van der Waals surface area contributed by atoms with Gasteiger partial charge in [-0.1, -0.05) is 78.9 Å². The second kappa shape index (κ2) is 12.4. The monoisotopic (exact) mass is 673 g/mol. The van der Waals surface area contributed by atoms with Crippen molar-refractivity contribution in [1.29, 1.82) is 0 Å². The molecule has 2 unspecified atom stereocenters. The van der Waals surface area contributed by atoms with Crippen LogP contribution >= 0.6 is 22.6 Å². The van der Waals surface area contributed by atoms with Gasteiger partial charge in [0.2, 0.25) is 0 Å². The molecule has 0 aromatic heterocycles. The second-order valence-corrected chi connectivity index (χ2v) is 12.7. The summed E-state index contributed by atoms with van der Waals surface area (Å²) in [5.41, 5.74) is 3.49. The molecule has 0 radical (unpaired) electrons. The Kier molecular flexibility index (Phi) is 9.60. The third-order valence-corrected chi connectivity index (χ3v) is 8.98. The molecule has 0 saturated carbocycles. The van der Waals surface area contributed by atoms with Gasteiger partial charge in [0, 0.05) is 16.5 Å². The molecule has 0 bridgehead atoms. The van der Waals surface area contributed by atoms with Crippen LogP contribution < -0.4 is 0 Å². The SMILES string of the molecule is CC(C)C[C@H](I)c1cc(-c2ccc(C(F)(F)F)cc2)cc(C2CCCN(C(C)c3ccc(C(F)(F)F)cc3)C2)c1. The highest BCUT2D eigenvalue weighted by atomic mass is 127. The molecular weight excluding hydrogens is 639 g/mol. The van der Waals surface area contributed by atoms with Crippen LogP contribution in [-0.2, 0) is 12.4 Å². The van der Waals surface area contributed by atoms with Gasteiger partial charge in [-0.2, -0.15) is 26.3 Å². The van der Waals surface area contributed by atoms with Crippen LogP contribution in [0.1, 0.15) is 83.7 Å². The molecule has 3 aromatic carbocycles. The Balaban J connectivity index is 1.62. The molecule has 40 heavy (non-hydrogen) atoms. The molecule has 8 heteroatoms. The van der Waals surface area contributed by atoms with E-state index in [1.54, 1.807) is 12.1 Å². The topological polar surface area (TPSA) is 3.24 Å². The number of hydrogen-bond acceptors (Lipinski definition) is 1. The van der Waals surface area contributed by atoms with E-state index < -0.39 is 23.5 Å². The van der Waals surface area contributed by atoms with Crippen LogP contribution in [-0.4, -0.2) is 18.0 Å². The predicted molar refractivity (Wildman–Crippen MR) is 157 cm³/mol. The maximum Gasteiger partial charge on any atom is 0.416 e. The molecule has 1 nitrogen and oxygen atoms in total. The minimum absolute atomic E-state index is 0.0408. The van der Waals surface area contributed by atoms with Crippen LogP contribution in [0, 0.1) is 5.92 Å². The lowest BCUT2D eigenvalue weighted by Crippen LogP contribution is -2.36. The number of nitrogens with zero attached hydrogens (tertiary/aromatic N) is 1. The van der Waals surface area contributed by atoms with Crippen molar-refractivity contribution in [2.75, 3.05) is 13.1 Å². The molecule has 4 rings (SSSR count). The first-order valence-corrected chi connectivity index (χ1v) is 14.8. The van der Waals surface area contributed by atoms with Crippen molar-refractivity contribution in [3.05, 3.63) is 94.5 Å². The van der Waals surface area contributed by atoms with Gasteiger partial charge in [0.05, 0.1) is 11.1 Å². The van der Waals surface area contributed by atoms with E-state index in [-0.39, 0.29) is 15.9 Å². The van der Waals surface area contributed by atoms with Gasteiger partial charge in [0.15, 0.2) is 0 Å². The number of piperidine rings is 1. The van der Waals surface area contributed by atoms with Crippen LogP contribution in [0.3, 0.4) is 0 Å². The fourth-order valence-electron chi connectivity index (χ4n) is 5.45. The molecule has 0 aliphatic carbocycles. The summed E-state index contributed by atoms with van der Waals surface area (Å²) in [6.45, 7) is 7.99. The summed E-state index contributed by atoms with van der Waals surface area (Å²) in [4.78, 5) is 2.32. The zero-order valence-electron chi connectivity index (χ0n) is 22.8. The third-order valence-electron chi connectivity index (χ3n) is 7.76. The van der Waals surface area contributed by atoms with E-state index in [4.69, 9.17) is 0 Å². The third kappa shape index (κ3) is 7.60. The van der Waals surface area contributed by atoms with Crippen LogP contribution in [0.15, 0.2) is 66.7 Å². The summed E-state index contributed by atoms with van der Waals surface area (Å²) in [6, 6.07) is 17.1. The number of rotatable bonds is 7. The van der Waals surface area contributed by atoms with Crippen molar-refractivity contribution < 1.29 is 26.3 Å². The zero-order chi connectivity index (χ0) is 29.2. The molecule has 3 atom stereocenters. The lowest BCUT2D eigenvalue weighted by Gasteiger charge is -2.37. The van der Waals surface area contributed by atoms with Crippen molar-refractivity contribution in [1.82, 2.24) is 4.90 Å². The molecule has 1 aliphatic heterocycles. The van der Waals surface area contributed by atoms with Crippen molar-refractivity contribution in [2.45, 2.75) is 68.3 Å². The van der Waals surface area contributed by atoms with Gasteiger partial charge in [-0.3, -0.25) is 4.90 Å². The van der Waals surface area contributed by atoms with E-state index >= 15 is 0 Å².